The third kappa shape index (κ3) is 8.28. The summed E-state index contributed by atoms with van der Waals surface area (Å²) in [7, 11) is -4.02. The molecule has 2 N–H and O–H groups in total. The molecule has 3 aromatic rings. The van der Waals surface area contributed by atoms with E-state index in [1.165, 1.54) is 24.3 Å². The largest absolute Gasteiger partial charge is 0.439 e. The molecule has 188 valence electrons. The lowest BCUT2D eigenvalue weighted by molar-refractivity contribution is -0.137. The molecule has 0 unspecified atom stereocenters. The monoisotopic (exact) mass is 514 g/mol. The van der Waals surface area contributed by atoms with Crippen molar-refractivity contribution in [2.45, 2.75) is 30.7 Å². The van der Waals surface area contributed by atoms with E-state index in [4.69, 9.17) is 14.0 Å². The van der Waals surface area contributed by atoms with Gasteiger partial charge in [0.2, 0.25) is 5.88 Å². The Morgan fingerprint density at radius 2 is 1.69 bits per heavy atom. The zero-order valence-electron chi connectivity index (χ0n) is 18.4. The molecule has 2 aromatic carbocycles. The maximum absolute atomic E-state index is 13.0. The van der Waals surface area contributed by atoms with E-state index in [2.05, 4.69) is 10.3 Å². The Morgan fingerprint density at radius 1 is 1.06 bits per heavy atom. The van der Waals surface area contributed by atoms with Crippen LogP contribution in [0.25, 0.3) is 0 Å². The number of nitrogens with one attached hydrogen (secondary N) is 1. The van der Waals surface area contributed by atoms with Crippen LogP contribution in [0.2, 0.25) is 0 Å². The number of aryl methyl sites for hydroxylation is 1. The van der Waals surface area contributed by atoms with Gasteiger partial charge in [0.15, 0.2) is 0 Å². The van der Waals surface area contributed by atoms with Crippen molar-refractivity contribution in [2.24, 2.45) is 0 Å². The highest BCUT2D eigenvalue weighted by molar-refractivity contribution is 7.85. The van der Waals surface area contributed by atoms with Crippen LogP contribution in [-0.4, -0.2) is 37.1 Å². The highest BCUT2D eigenvalue weighted by Crippen LogP contribution is 2.33. The predicted octanol–water partition coefficient (Wildman–Crippen LogP) is 4.76. The number of ether oxygens (including phenoxy) is 2. The summed E-state index contributed by atoms with van der Waals surface area (Å²) in [5.41, 5.74) is 0.200. The van der Waals surface area contributed by atoms with Crippen LogP contribution in [0.4, 0.5) is 17.6 Å². The lowest BCUT2D eigenvalue weighted by Gasteiger charge is -2.27. The van der Waals surface area contributed by atoms with Crippen molar-refractivity contribution < 1.29 is 40.0 Å². The Morgan fingerprint density at radius 3 is 2.20 bits per heavy atom. The van der Waals surface area contributed by atoms with Gasteiger partial charge in [-0.25, -0.2) is 9.37 Å². The number of nitrogens with zero attached hydrogens (tertiary/aromatic N) is 1. The van der Waals surface area contributed by atoms with Crippen LogP contribution < -0.4 is 10.1 Å². The molecule has 1 fully saturated rings. The second-order valence-electron chi connectivity index (χ2n) is 7.62. The van der Waals surface area contributed by atoms with Gasteiger partial charge in [0.1, 0.15) is 11.6 Å². The van der Waals surface area contributed by atoms with E-state index in [-0.39, 0.29) is 34.9 Å². The molecule has 0 saturated carbocycles. The number of pyridine rings is 1. The topological polar surface area (TPSA) is 97.8 Å². The minimum atomic E-state index is -4.53. The first kappa shape index (κ1) is 26.5. The molecule has 2 heterocycles. The van der Waals surface area contributed by atoms with Crippen molar-refractivity contribution in [3.63, 3.8) is 0 Å². The summed E-state index contributed by atoms with van der Waals surface area (Å²) in [6.07, 6.45) is -4.56. The minimum Gasteiger partial charge on any atom is -0.439 e. The lowest BCUT2D eigenvalue weighted by Crippen LogP contribution is -2.48. The van der Waals surface area contributed by atoms with Gasteiger partial charge in [-0.1, -0.05) is 17.7 Å². The standard InChI is InChI=1S/C16H14F4N2O2.C7H8O3S/c17-11-1-3-13(4-2-11)24-15-6-10(16(18,19)20)5-12(22-15)9-23-14-7-21-8-14;1-6-2-4-7(5-3-6)11(8,9)10/h1-6,14,21H,7-9H2;2-5H,1H3,(H,8,9,10). The van der Waals surface area contributed by atoms with Gasteiger partial charge in [0, 0.05) is 19.2 Å². The summed E-state index contributed by atoms with van der Waals surface area (Å²) in [6.45, 7) is 3.12. The minimum absolute atomic E-state index is 0.0252. The van der Waals surface area contributed by atoms with Gasteiger partial charge in [0.05, 0.1) is 28.9 Å². The SMILES string of the molecule is Cc1ccc(S(=O)(=O)O)cc1.Fc1ccc(Oc2cc(C(F)(F)F)cc(COC3CNC3)n2)cc1. The van der Waals surface area contributed by atoms with Gasteiger partial charge in [-0.05, 0) is 49.4 Å². The number of halogens is 4. The highest BCUT2D eigenvalue weighted by atomic mass is 32.2. The molecule has 1 saturated heterocycles. The van der Waals surface area contributed by atoms with Crippen LogP contribution in [0.3, 0.4) is 0 Å². The molecule has 4 rings (SSSR count). The summed E-state index contributed by atoms with van der Waals surface area (Å²) in [6, 6.07) is 12.6. The molecular formula is C23H22F4N2O5S. The van der Waals surface area contributed by atoms with Crippen LogP contribution in [0.1, 0.15) is 16.8 Å². The average molecular weight is 514 g/mol. The second kappa shape index (κ2) is 11.1. The first-order valence-electron chi connectivity index (χ1n) is 10.3. The zero-order valence-corrected chi connectivity index (χ0v) is 19.2. The quantitative estimate of drug-likeness (QED) is 0.362. The molecule has 12 heteroatoms. The van der Waals surface area contributed by atoms with Gasteiger partial charge < -0.3 is 14.8 Å². The van der Waals surface area contributed by atoms with E-state index in [1.807, 2.05) is 6.92 Å². The maximum Gasteiger partial charge on any atom is 0.416 e. The van der Waals surface area contributed by atoms with Crippen molar-refractivity contribution >= 4 is 10.1 Å². The Kier molecular flexibility index (Phi) is 8.43. The molecular weight excluding hydrogens is 492 g/mol. The maximum atomic E-state index is 13.0. The van der Waals surface area contributed by atoms with Gasteiger partial charge in [-0.2, -0.15) is 21.6 Å². The predicted molar refractivity (Wildman–Crippen MR) is 118 cm³/mol. The van der Waals surface area contributed by atoms with Gasteiger partial charge in [-0.15, -0.1) is 0 Å². The smallest absolute Gasteiger partial charge is 0.416 e. The van der Waals surface area contributed by atoms with E-state index >= 15 is 0 Å². The molecule has 0 aliphatic carbocycles. The van der Waals surface area contributed by atoms with E-state index in [1.54, 1.807) is 12.1 Å². The molecule has 0 amide bonds. The Bertz CT molecular complexity index is 1230. The van der Waals surface area contributed by atoms with E-state index in [0.717, 1.165) is 29.8 Å². The van der Waals surface area contributed by atoms with Gasteiger partial charge in [-0.3, -0.25) is 4.55 Å². The fourth-order valence-corrected chi connectivity index (χ4v) is 3.25. The number of alkyl halides is 3. The normalized spacial score (nSPS) is 14.0. The number of benzene rings is 2. The lowest BCUT2D eigenvalue weighted by atomic mass is 10.2. The van der Waals surface area contributed by atoms with Crippen molar-refractivity contribution in [2.75, 3.05) is 13.1 Å². The molecule has 0 spiro atoms. The molecule has 0 radical (unpaired) electrons. The van der Waals surface area contributed by atoms with E-state index in [0.29, 0.717) is 13.1 Å². The Hall–Kier alpha value is -3.06. The van der Waals surface area contributed by atoms with Crippen molar-refractivity contribution in [1.82, 2.24) is 10.3 Å². The van der Waals surface area contributed by atoms with E-state index in [9.17, 15) is 26.0 Å². The summed E-state index contributed by atoms with van der Waals surface area (Å²) >= 11 is 0. The summed E-state index contributed by atoms with van der Waals surface area (Å²) in [4.78, 5) is 3.97. The number of aromatic nitrogens is 1. The first-order chi connectivity index (χ1) is 16.4. The average Bonchev–Trinajstić information content (AvgIpc) is 2.74. The van der Waals surface area contributed by atoms with Crippen LogP contribution in [0, 0.1) is 12.7 Å². The summed E-state index contributed by atoms with van der Waals surface area (Å²) in [5.74, 6) is -0.498. The zero-order chi connectivity index (χ0) is 25.6. The van der Waals surface area contributed by atoms with Crippen molar-refractivity contribution in [1.29, 1.82) is 0 Å². The fraction of sp³-hybridized carbons (Fsp3) is 0.261. The van der Waals surface area contributed by atoms with Crippen LogP contribution in [-0.2, 0) is 27.6 Å². The molecule has 35 heavy (non-hydrogen) atoms. The molecule has 1 aliphatic rings. The van der Waals surface area contributed by atoms with Crippen molar-refractivity contribution in [3.05, 3.63) is 83.3 Å². The molecule has 1 aromatic heterocycles. The summed E-state index contributed by atoms with van der Waals surface area (Å²) < 4.78 is 92.3. The van der Waals surface area contributed by atoms with Crippen LogP contribution in [0.15, 0.2) is 65.6 Å². The van der Waals surface area contributed by atoms with E-state index < -0.39 is 27.7 Å². The van der Waals surface area contributed by atoms with Gasteiger partial charge >= 0.3 is 6.18 Å². The fourth-order valence-electron chi connectivity index (χ4n) is 2.77. The first-order valence-corrected chi connectivity index (χ1v) is 11.7. The number of hydrogen-bond donors (Lipinski definition) is 2. The molecule has 7 nitrogen and oxygen atoms in total. The second-order valence-corrected chi connectivity index (χ2v) is 9.04. The number of rotatable bonds is 6. The number of hydrogen-bond acceptors (Lipinski definition) is 6. The molecule has 0 atom stereocenters. The van der Waals surface area contributed by atoms with Crippen LogP contribution in [0.5, 0.6) is 11.6 Å². The summed E-state index contributed by atoms with van der Waals surface area (Å²) in [5, 5.41) is 3.00. The third-order valence-corrected chi connectivity index (χ3v) is 5.62. The van der Waals surface area contributed by atoms with Gasteiger partial charge in [0.25, 0.3) is 10.1 Å². The Labute approximate surface area is 199 Å². The molecule has 1 aliphatic heterocycles. The van der Waals surface area contributed by atoms with Crippen LogP contribution >= 0.6 is 0 Å². The third-order valence-electron chi connectivity index (χ3n) is 4.75. The van der Waals surface area contributed by atoms with Crippen molar-refractivity contribution in [3.8, 4) is 11.6 Å². The molecule has 0 bridgehead atoms. The Balaban J connectivity index is 0.000000261. The highest BCUT2D eigenvalue weighted by Gasteiger charge is 2.32.